The molecule has 0 bridgehead atoms. The second kappa shape index (κ2) is 10.1. The highest BCUT2D eigenvalue weighted by Crippen LogP contribution is 2.46. The molecule has 11 heteroatoms. The van der Waals surface area contributed by atoms with Crippen LogP contribution in [0.15, 0.2) is 60.7 Å². The summed E-state index contributed by atoms with van der Waals surface area (Å²) in [5.41, 5.74) is 3.68. The molecule has 0 atom stereocenters. The van der Waals surface area contributed by atoms with Crippen molar-refractivity contribution in [1.29, 1.82) is 0 Å². The molecule has 1 aliphatic carbocycles. The largest absolute Gasteiger partial charge is 0.465 e. The van der Waals surface area contributed by atoms with Crippen molar-refractivity contribution in [3.05, 3.63) is 111 Å². The number of fused-ring (bicyclic) bond motifs is 3. The van der Waals surface area contributed by atoms with E-state index in [-0.39, 0.29) is 24.8 Å². The molecule has 1 N–H and O–H groups in total. The molecule has 3 aromatic carbocycles. The first-order chi connectivity index (χ1) is 19.9. The Bertz CT molecular complexity index is 1610. The molecule has 4 aromatic rings. The number of amides is 2. The zero-order valence-electron chi connectivity index (χ0n) is 22.3. The number of aryl methyl sites for hydroxylation is 2. The van der Waals surface area contributed by atoms with Crippen LogP contribution in [0.1, 0.15) is 75.9 Å². The summed E-state index contributed by atoms with van der Waals surface area (Å²) in [5.74, 6) is -1.36. The number of benzene rings is 3. The number of tetrazole rings is 1. The van der Waals surface area contributed by atoms with Gasteiger partial charge in [-0.25, -0.2) is 9.59 Å². The minimum absolute atomic E-state index is 0.0529. The molecule has 2 amide bonds. The van der Waals surface area contributed by atoms with Gasteiger partial charge in [-0.05, 0) is 77.9 Å². The minimum atomic E-state index is -1.09. The van der Waals surface area contributed by atoms with E-state index >= 15 is 0 Å². The smallest absolute Gasteiger partial charge is 0.337 e. The fraction of sp³-hybridized carbons (Fsp3) is 0.233. The number of esters is 2. The number of carbonyl (C=O) groups excluding carboxylic acids is 4. The predicted molar refractivity (Wildman–Crippen MR) is 143 cm³/mol. The van der Waals surface area contributed by atoms with E-state index in [0.717, 1.165) is 22.3 Å². The SMILES string of the molecule is COC(=O)c1ccc2c(c1)CCc1cc(C(=O)OC)ccc1C2(CCN1C(=O)c2ccccc2C1=O)c1nn[nH]n1. The lowest BCUT2D eigenvalue weighted by molar-refractivity contribution is 0.0591. The van der Waals surface area contributed by atoms with Gasteiger partial charge in [-0.3, -0.25) is 14.5 Å². The molecule has 0 saturated carbocycles. The summed E-state index contributed by atoms with van der Waals surface area (Å²) < 4.78 is 9.91. The number of aromatic nitrogens is 4. The highest BCUT2D eigenvalue weighted by molar-refractivity contribution is 6.21. The Labute approximate surface area is 234 Å². The molecule has 0 unspecified atom stereocenters. The number of aromatic amines is 1. The van der Waals surface area contributed by atoms with Crippen LogP contribution in [0.4, 0.5) is 0 Å². The summed E-state index contributed by atoms with van der Waals surface area (Å²) in [6.45, 7) is 0.0529. The monoisotopic (exact) mass is 551 g/mol. The van der Waals surface area contributed by atoms with Crippen LogP contribution in [0.25, 0.3) is 0 Å². The van der Waals surface area contributed by atoms with Crippen molar-refractivity contribution < 1.29 is 28.7 Å². The second-order valence-corrected chi connectivity index (χ2v) is 9.93. The van der Waals surface area contributed by atoms with Gasteiger partial charge in [0.2, 0.25) is 0 Å². The maximum atomic E-state index is 13.3. The standard InChI is InChI=1S/C30H25N5O6/c1-40-27(38)19-9-11-23-17(15-19)7-8-18-16-20(28(39)41-2)10-12-24(18)30(23,29-31-33-34-32-29)13-14-35-25(36)21-5-3-4-6-22(21)26(35)37/h3-6,9-12,15-16H,7-8,13-14H2,1-2H3,(H,31,32,33,34). The number of nitrogens with zero attached hydrogens (tertiary/aromatic N) is 4. The van der Waals surface area contributed by atoms with E-state index in [0.29, 0.717) is 40.9 Å². The van der Waals surface area contributed by atoms with Gasteiger partial charge >= 0.3 is 11.9 Å². The molecule has 206 valence electrons. The number of carbonyl (C=O) groups is 4. The molecule has 2 aliphatic rings. The first kappa shape index (κ1) is 26.1. The number of hydrogen-bond acceptors (Lipinski definition) is 9. The zero-order chi connectivity index (χ0) is 28.7. The van der Waals surface area contributed by atoms with Gasteiger partial charge in [0, 0.05) is 6.54 Å². The van der Waals surface area contributed by atoms with Crippen LogP contribution >= 0.6 is 0 Å². The average molecular weight is 552 g/mol. The van der Waals surface area contributed by atoms with E-state index in [9.17, 15) is 19.2 Å². The number of nitrogens with one attached hydrogen (secondary N) is 1. The third-order valence-electron chi connectivity index (χ3n) is 7.95. The van der Waals surface area contributed by atoms with E-state index in [1.54, 1.807) is 48.5 Å². The first-order valence-corrected chi connectivity index (χ1v) is 13.0. The number of rotatable bonds is 6. The van der Waals surface area contributed by atoms with Crippen LogP contribution in [0, 0.1) is 0 Å². The Morgan fingerprint density at radius 2 is 1.39 bits per heavy atom. The van der Waals surface area contributed by atoms with E-state index in [1.807, 2.05) is 12.1 Å². The average Bonchev–Trinajstić information content (AvgIpc) is 3.60. The number of H-pyrrole nitrogens is 1. The van der Waals surface area contributed by atoms with Crippen molar-refractivity contribution in [2.24, 2.45) is 0 Å². The highest BCUT2D eigenvalue weighted by Gasteiger charge is 2.46. The third kappa shape index (κ3) is 4.08. The minimum Gasteiger partial charge on any atom is -0.465 e. The summed E-state index contributed by atoms with van der Waals surface area (Å²) in [6.07, 6.45) is 1.28. The number of hydrogen-bond donors (Lipinski definition) is 1. The third-order valence-corrected chi connectivity index (χ3v) is 7.95. The second-order valence-electron chi connectivity index (χ2n) is 9.93. The molecule has 0 fully saturated rings. The zero-order valence-corrected chi connectivity index (χ0v) is 22.3. The summed E-state index contributed by atoms with van der Waals surface area (Å²) in [5, 5.41) is 15.2. The molecule has 0 spiro atoms. The van der Waals surface area contributed by atoms with Crippen molar-refractivity contribution in [1.82, 2.24) is 25.5 Å². The van der Waals surface area contributed by atoms with Crippen molar-refractivity contribution >= 4 is 23.8 Å². The Kier molecular flexibility index (Phi) is 6.41. The van der Waals surface area contributed by atoms with Crippen LogP contribution in [0.2, 0.25) is 0 Å². The maximum absolute atomic E-state index is 13.3. The number of imide groups is 1. The van der Waals surface area contributed by atoms with Gasteiger partial charge < -0.3 is 9.47 Å². The van der Waals surface area contributed by atoms with Crippen LogP contribution < -0.4 is 0 Å². The van der Waals surface area contributed by atoms with E-state index in [2.05, 4.69) is 20.6 Å². The summed E-state index contributed by atoms with van der Waals surface area (Å²) in [4.78, 5) is 52.7. The van der Waals surface area contributed by atoms with E-state index in [4.69, 9.17) is 9.47 Å². The van der Waals surface area contributed by atoms with E-state index in [1.165, 1.54) is 19.1 Å². The van der Waals surface area contributed by atoms with Crippen LogP contribution in [-0.4, -0.2) is 70.0 Å². The molecule has 0 radical (unpaired) electrons. The Balaban J connectivity index is 1.54. The molecule has 1 aromatic heterocycles. The van der Waals surface area contributed by atoms with Crippen molar-refractivity contribution in [2.45, 2.75) is 24.7 Å². The molecular weight excluding hydrogens is 526 g/mol. The van der Waals surface area contributed by atoms with Gasteiger partial charge in [-0.2, -0.15) is 5.21 Å². The molecular formula is C30H25N5O6. The van der Waals surface area contributed by atoms with Crippen LogP contribution in [0.5, 0.6) is 0 Å². The number of ether oxygens (including phenoxy) is 2. The van der Waals surface area contributed by atoms with Crippen LogP contribution in [0.3, 0.4) is 0 Å². The molecule has 6 rings (SSSR count). The Hall–Kier alpha value is -5.19. The molecule has 1 aliphatic heterocycles. The predicted octanol–water partition coefficient (Wildman–Crippen LogP) is 2.89. The van der Waals surface area contributed by atoms with E-state index < -0.39 is 17.4 Å². The highest BCUT2D eigenvalue weighted by atomic mass is 16.5. The maximum Gasteiger partial charge on any atom is 0.337 e. The molecule has 11 nitrogen and oxygen atoms in total. The van der Waals surface area contributed by atoms with Crippen LogP contribution in [-0.2, 0) is 27.7 Å². The molecule has 41 heavy (non-hydrogen) atoms. The van der Waals surface area contributed by atoms with Gasteiger partial charge in [0.15, 0.2) is 5.82 Å². The van der Waals surface area contributed by atoms with Crippen molar-refractivity contribution in [2.75, 3.05) is 20.8 Å². The topological polar surface area (TPSA) is 144 Å². The van der Waals surface area contributed by atoms with Gasteiger partial charge in [0.1, 0.15) is 0 Å². The summed E-state index contributed by atoms with van der Waals surface area (Å²) >= 11 is 0. The number of methoxy groups -OCH3 is 2. The Morgan fingerprint density at radius 1 is 0.854 bits per heavy atom. The van der Waals surface area contributed by atoms with Crippen molar-refractivity contribution in [3.63, 3.8) is 0 Å². The fourth-order valence-corrected chi connectivity index (χ4v) is 6.02. The molecule has 2 heterocycles. The van der Waals surface area contributed by atoms with Gasteiger partial charge in [-0.1, -0.05) is 29.5 Å². The van der Waals surface area contributed by atoms with Gasteiger partial charge in [-0.15, -0.1) is 10.2 Å². The first-order valence-electron chi connectivity index (χ1n) is 13.0. The summed E-state index contributed by atoms with van der Waals surface area (Å²) in [7, 11) is 2.65. The Morgan fingerprint density at radius 3 is 1.85 bits per heavy atom. The quantitative estimate of drug-likeness (QED) is 0.282. The summed E-state index contributed by atoms with van der Waals surface area (Å²) in [6, 6.07) is 17.3. The van der Waals surface area contributed by atoms with Crippen molar-refractivity contribution in [3.8, 4) is 0 Å². The lowest BCUT2D eigenvalue weighted by atomic mass is 9.69. The van der Waals surface area contributed by atoms with Gasteiger partial charge in [0.25, 0.3) is 11.8 Å². The fourth-order valence-electron chi connectivity index (χ4n) is 6.02. The lowest BCUT2D eigenvalue weighted by Gasteiger charge is -2.35. The normalized spacial score (nSPS) is 15.0. The van der Waals surface area contributed by atoms with Gasteiger partial charge in [0.05, 0.1) is 41.9 Å². The molecule has 0 saturated heterocycles. The lowest BCUT2D eigenvalue weighted by Crippen LogP contribution is -2.39.